The quantitative estimate of drug-likeness (QED) is 0.260. The Morgan fingerprint density at radius 3 is 2.21 bits per heavy atom. The van der Waals surface area contributed by atoms with E-state index in [-0.39, 0.29) is 17.6 Å². The lowest BCUT2D eigenvalue weighted by Crippen LogP contribution is -2.41. The van der Waals surface area contributed by atoms with E-state index in [0.29, 0.717) is 19.6 Å². The Morgan fingerprint density at radius 1 is 1.00 bits per heavy atom. The van der Waals surface area contributed by atoms with Gasteiger partial charge in [0.15, 0.2) is 5.76 Å². The van der Waals surface area contributed by atoms with Crippen molar-refractivity contribution in [2.75, 3.05) is 13.2 Å². The monoisotopic (exact) mass is 405 g/mol. The molecule has 1 aromatic heterocycles. The van der Waals surface area contributed by atoms with Crippen LogP contribution in [-0.2, 0) is 9.53 Å². The van der Waals surface area contributed by atoms with E-state index in [9.17, 15) is 9.59 Å². The van der Waals surface area contributed by atoms with Crippen LogP contribution in [0.25, 0.3) is 0 Å². The number of hydrogen-bond donors (Lipinski definition) is 0. The topological polar surface area (TPSA) is 59.8 Å². The highest BCUT2D eigenvalue weighted by atomic mass is 16.5. The lowest BCUT2D eigenvalue weighted by molar-refractivity contribution is -0.148. The summed E-state index contributed by atoms with van der Waals surface area (Å²) in [7, 11) is 0. The molecule has 0 aromatic carbocycles. The van der Waals surface area contributed by atoms with Crippen LogP contribution in [0.2, 0.25) is 0 Å². The van der Waals surface area contributed by atoms with E-state index in [1.54, 1.807) is 17.0 Å². The molecule has 0 N–H and O–H groups in total. The van der Waals surface area contributed by atoms with Crippen LogP contribution in [0.15, 0.2) is 22.8 Å². The summed E-state index contributed by atoms with van der Waals surface area (Å²) >= 11 is 0. The zero-order chi connectivity index (χ0) is 20.7. The van der Waals surface area contributed by atoms with Gasteiger partial charge in [0.05, 0.1) is 12.9 Å². The molecule has 1 aliphatic rings. The molecule has 2 rings (SSSR count). The van der Waals surface area contributed by atoms with E-state index in [1.165, 1.54) is 70.5 Å². The van der Waals surface area contributed by atoms with Crippen LogP contribution in [0.1, 0.15) is 107 Å². The minimum Gasteiger partial charge on any atom is -0.464 e. The van der Waals surface area contributed by atoms with Gasteiger partial charge in [0.1, 0.15) is 6.04 Å². The lowest BCUT2D eigenvalue weighted by Gasteiger charge is -2.22. The molecular formula is C24H39NO4. The van der Waals surface area contributed by atoms with E-state index in [1.807, 2.05) is 0 Å². The molecule has 1 amide bonds. The van der Waals surface area contributed by atoms with Crippen LogP contribution in [0.4, 0.5) is 0 Å². The highest BCUT2D eigenvalue weighted by Gasteiger charge is 2.36. The minimum atomic E-state index is -0.468. The molecule has 1 unspecified atom stereocenters. The maximum absolute atomic E-state index is 12.4. The fourth-order valence-corrected chi connectivity index (χ4v) is 4.01. The minimum absolute atomic E-state index is 0.222. The number of esters is 1. The van der Waals surface area contributed by atoms with Gasteiger partial charge in [0.25, 0.3) is 5.91 Å². The third-order valence-corrected chi connectivity index (χ3v) is 5.76. The SMILES string of the molecule is CCCCCCCCCCCCCCOC(=O)C1CCCN1C(=O)c1ccco1. The Kier molecular flexibility index (Phi) is 11.5. The summed E-state index contributed by atoms with van der Waals surface area (Å²) in [4.78, 5) is 26.4. The summed E-state index contributed by atoms with van der Waals surface area (Å²) in [5, 5.41) is 0. The molecule has 0 saturated carbocycles. The molecule has 1 fully saturated rings. The predicted octanol–water partition coefficient (Wildman–Crippen LogP) is 6.13. The first-order valence-corrected chi connectivity index (χ1v) is 11.7. The summed E-state index contributed by atoms with van der Waals surface area (Å²) in [5.41, 5.74) is 0. The first kappa shape index (κ1) is 23.5. The van der Waals surface area contributed by atoms with Gasteiger partial charge in [-0.3, -0.25) is 4.79 Å². The maximum atomic E-state index is 12.4. The number of amides is 1. The molecule has 5 heteroatoms. The van der Waals surface area contributed by atoms with Crippen LogP contribution in [-0.4, -0.2) is 36.0 Å². The summed E-state index contributed by atoms with van der Waals surface area (Å²) < 4.78 is 10.6. The Morgan fingerprint density at radius 2 is 1.62 bits per heavy atom. The molecule has 5 nitrogen and oxygen atoms in total. The number of unbranched alkanes of at least 4 members (excludes halogenated alkanes) is 11. The molecule has 0 bridgehead atoms. The second-order valence-corrected chi connectivity index (χ2v) is 8.19. The van der Waals surface area contributed by atoms with Gasteiger partial charge in [0.2, 0.25) is 0 Å². The Bertz CT molecular complexity index is 569. The van der Waals surface area contributed by atoms with Crippen molar-refractivity contribution < 1.29 is 18.7 Å². The van der Waals surface area contributed by atoms with Crippen molar-refractivity contribution in [3.63, 3.8) is 0 Å². The molecule has 1 atom stereocenters. The van der Waals surface area contributed by atoms with Gasteiger partial charge in [-0.15, -0.1) is 0 Å². The zero-order valence-corrected chi connectivity index (χ0v) is 18.2. The number of rotatable bonds is 15. The number of hydrogen-bond acceptors (Lipinski definition) is 4. The highest BCUT2D eigenvalue weighted by molar-refractivity contribution is 5.94. The summed E-state index contributed by atoms with van der Waals surface area (Å²) in [6, 6.07) is 2.85. The first-order valence-electron chi connectivity index (χ1n) is 11.7. The molecule has 1 saturated heterocycles. The van der Waals surface area contributed by atoms with Crippen LogP contribution in [0, 0.1) is 0 Å². The Labute approximate surface area is 176 Å². The molecule has 164 valence electrons. The zero-order valence-electron chi connectivity index (χ0n) is 18.2. The number of likely N-dealkylation sites (tertiary alicyclic amines) is 1. The van der Waals surface area contributed by atoms with Crippen molar-refractivity contribution in [1.29, 1.82) is 0 Å². The average molecular weight is 406 g/mol. The Hall–Kier alpha value is -1.78. The van der Waals surface area contributed by atoms with Crippen molar-refractivity contribution in [3.8, 4) is 0 Å². The first-order chi connectivity index (χ1) is 14.2. The average Bonchev–Trinajstić information content (AvgIpc) is 3.43. The van der Waals surface area contributed by atoms with Crippen molar-refractivity contribution in [1.82, 2.24) is 4.90 Å². The molecule has 1 aromatic rings. The molecule has 1 aliphatic heterocycles. The molecule has 0 aliphatic carbocycles. The molecule has 0 spiro atoms. The summed E-state index contributed by atoms with van der Waals surface area (Å²) in [6.45, 7) is 3.29. The van der Waals surface area contributed by atoms with Crippen molar-refractivity contribution >= 4 is 11.9 Å². The molecule has 0 radical (unpaired) electrons. The fraction of sp³-hybridized carbons (Fsp3) is 0.750. The highest BCUT2D eigenvalue weighted by Crippen LogP contribution is 2.21. The van der Waals surface area contributed by atoms with Gasteiger partial charge >= 0.3 is 5.97 Å². The van der Waals surface area contributed by atoms with E-state index in [2.05, 4.69) is 6.92 Å². The number of ether oxygens (including phenoxy) is 1. The summed E-state index contributed by atoms with van der Waals surface area (Å²) in [6.07, 6.45) is 18.4. The smallest absolute Gasteiger partial charge is 0.328 e. The van der Waals surface area contributed by atoms with E-state index in [4.69, 9.17) is 9.15 Å². The van der Waals surface area contributed by atoms with Crippen LogP contribution < -0.4 is 0 Å². The number of carbonyl (C=O) groups is 2. The number of nitrogens with zero attached hydrogens (tertiary/aromatic N) is 1. The van der Waals surface area contributed by atoms with Gasteiger partial charge in [-0.2, -0.15) is 0 Å². The van der Waals surface area contributed by atoms with Crippen LogP contribution >= 0.6 is 0 Å². The van der Waals surface area contributed by atoms with Crippen LogP contribution in [0.5, 0.6) is 0 Å². The second kappa shape index (κ2) is 14.2. The van der Waals surface area contributed by atoms with Gasteiger partial charge in [0, 0.05) is 6.54 Å². The van der Waals surface area contributed by atoms with Crippen molar-refractivity contribution in [3.05, 3.63) is 24.2 Å². The standard InChI is InChI=1S/C24H39NO4/c1-2-3-4-5-6-7-8-9-10-11-12-13-19-29-24(27)21-16-14-18-25(21)23(26)22-17-15-20-28-22/h15,17,20-21H,2-14,16,18-19H2,1H3. The molecular weight excluding hydrogens is 366 g/mol. The van der Waals surface area contributed by atoms with E-state index < -0.39 is 6.04 Å². The van der Waals surface area contributed by atoms with Gasteiger partial charge < -0.3 is 14.1 Å². The van der Waals surface area contributed by atoms with E-state index >= 15 is 0 Å². The molecule has 2 heterocycles. The van der Waals surface area contributed by atoms with Gasteiger partial charge in [-0.25, -0.2) is 4.79 Å². The number of carbonyl (C=O) groups excluding carboxylic acids is 2. The largest absolute Gasteiger partial charge is 0.464 e. The van der Waals surface area contributed by atoms with Gasteiger partial charge in [-0.1, -0.05) is 77.6 Å². The second-order valence-electron chi connectivity index (χ2n) is 8.19. The van der Waals surface area contributed by atoms with Crippen LogP contribution in [0.3, 0.4) is 0 Å². The summed E-state index contributed by atoms with van der Waals surface area (Å²) in [5.74, 6) is -0.212. The number of furan rings is 1. The predicted molar refractivity (Wildman–Crippen MR) is 115 cm³/mol. The van der Waals surface area contributed by atoms with Crippen molar-refractivity contribution in [2.24, 2.45) is 0 Å². The van der Waals surface area contributed by atoms with Gasteiger partial charge in [-0.05, 0) is 31.4 Å². The Balaban J connectivity index is 1.48. The van der Waals surface area contributed by atoms with Crippen molar-refractivity contribution in [2.45, 2.75) is 103 Å². The molecule has 29 heavy (non-hydrogen) atoms. The lowest BCUT2D eigenvalue weighted by atomic mass is 10.1. The maximum Gasteiger partial charge on any atom is 0.328 e. The van der Waals surface area contributed by atoms with E-state index in [0.717, 1.165) is 19.3 Å². The third-order valence-electron chi connectivity index (χ3n) is 5.76. The normalized spacial score (nSPS) is 16.3. The third kappa shape index (κ3) is 8.63. The fourth-order valence-electron chi connectivity index (χ4n) is 4.01.